The Hall–Kier alpha value is 1.65. The predicted octanol–water partition coefficient (Wildman–Crippen LogP) is 3.82. The van der Waals surface area contributed by atoms with Crippen LogP contribution in [0.2, 0.25) is 19.6 Å². The van der Waals surface area contributed by atoms with E-state index in [0.717, 1.165) is 0 Å². The first kappa shape index (κ1) is 10.7. The molecule has 0 bridgehead atoms. The molecule has 1 rings (SSSR count). The largest absolute Gasteiger partial charge is 0.137 e. The summed E-state index contributed by atoms with van der Waals surface area (Å²) in [4.78, 5) is 0. The quantitative estimate of drug-likeness (QED) is 0.409. The Morgan fingerprint density at radius 2 is 1.64 bits per heavy atom. The van der Waals surface area contributed by atoms with Gasteiger partial charge in [-0.1, -0.05) is 42.2 Å². The zero-order valence-electron chi connectivity index (χ0n) is 7.32. The summed E-state index contributed by atoms with van der Waals surface area (Å²) in [6.07, 6.45) is 1.41. The van der Waals surface area contributed by atoms with Crippen LogP contribution in [-0.2, 0) is 0 Å². The van der Waals surface area contributed by atoms with Crippen LogP contribution in [0.3, 0.4) is 0 Å². The number of alkyl halides is 1. The molecule has 1 heterocycles. The molecule has 0 aromatic heterocycles. The van der Waals surface area contributed by atoms with Crippen molar-refractivity contribution in [3.63, 3.8) is 0 Å². The van der Waals surface area contributed by atoms with Gasteiger partial charge in [0.05, 0.1) is 8.07 Å². The molecule has 0 N–H and O–H groups in total. The van der Waals surface area contributed by atoms with Crippen LogP contribution in [0, 0.1) is 0 Å². The van der Waals surface area contributed by atoms with Gasteiger partial charge in [0, 0.05) is 0 Å². The first-order chi connectivity index (χ1) is 4.96. The van der Waals surface area contributed by atoms with Crippen LogP contribution in [0.25, 0.3) is 0 Å². The van der Waals surface area contributed by atoms with Crippen molar-refractivity contribution in [2.45, 2.75) is 27.8 Å². The smallest absolute Gasteiger partial charge is 0.101 e. The average molecular weight is 318 g/mol. The lowest BCUT2D eigenvalue weighted by Crippen LogP contribution is -2.43. The Bertz CT molecular complexity index is 138. The van der Waals surface area contributed by atoms with Crippen molar-refractivity contribution in [1.82, 2.24) is 0 Å². The maximum absolute atomic E-state index is 2.68. The second-order valence-corrected chi connectivity index (χ2v) is 16.8. The highest BCUT2D eigenvalue weighted by molar-refractivity contribution is 14.1. The normalized spacial score (nSPS) is 25.1. The van der Waals surface area contributed by atoms with Gasteiger partial charge in [-0.25, -0.2) is 0 Å². The fraction of sp³-hybridized carbons (Fsp3) is 1.00. The molecule has 11 heavy (non-hydrogen) atoms. The highest BCUT2D eigenvalue weighted by Crippen LogP contribution is 2.53. The number of hydrogen-bond donors (Lipinski definition) is 0. The molecular weight excluding hydrogens is 303 g/mol. The molecule has 1 fully saturated rings. The third kappa shape index (κ3) is 2.54. The van der Waals surface area contributed by atoms with Gasteiger partial charge in [-0.2, -0.15) is 0 Å². The van der Waals surface area contributed by atoms with Gasteiger partial charge in [0.25, 0.3) is 0 Å². The SMILES string of the molecule is C[Si](C)(C)C1(I)SCCCS1. The van der Waals surface area contributed by atoms with Gasteiger partial charge < -0.3 is 0 Å². The predicted molar refractivity (Wildman–Crippen MR) is 69.6 cm³/mol. The van der Waals surface area contributed by atoms with Gasteiger partial charge >= 0.3 is 0 Å². The topological polar surface area (TPSA) is 0 Å². The minimum absolute atomic E-state index is 0.559. The van der Waals surface area contributed by atoms with Crippen molar-refractivity contribution in [3.8, 4) is 0 Å². The zero-order valence-corrected chi connectivity index (χ0v) is 12.1. The van der Waals surface area contributed by atoms with E-state index >= 15 is 0 Å². The molecule has 66 valence electrons. The summed E-state index contributed by atoms with van der Waals surface area (Å²) in [6.45, 7) is 7.43. The van der Waals surface area contributed by atoms with Gasteiger partial charge in [0.1, 0.15) is 1.71 Å². The molecule has 4 heteroatoms. The lowest BCUT2D eigenvalue weighted by molar-refractivity contribution is 1.11. The first-order valence-electron chi connectivity index (χ1n) is 3.92. The molecule has 0 atom stereocenters. The standard InChI is InChI=1S/C7H15IS2Si/c1-11(2,3)7(8)9-5-4-6-10-7/h4-6H2,1-3H3. The van der Waals surface area contributed by atoms with Crippen LogP contribution in [0.5, 0.6) is 0 Å². The monoisotopic (exact) mass is 318 g/mol. The van der Waals surface area contributed by atoms with Crippen LogP contribution in [-0.4, -0.2) is 21.3 Å². The highest BCUT2D eigenvalue weighted by atomic mass is 127. The molecule has 1 saturated heterocycles. The van der Waals surface area contributed by atoms with E-state index in [1.165, 1.54) is 17.9 Å². The molecule has 0 saturated carbocycles. The molecule has 0 nitrogen and oxygen atoms in total. The summed E-state index contributed by atoms with van der Waals surface area (Å²) in [6, 6.07) is 0. The summed E-state index contributed by atoms with van der Waals surface area (Å²) < 4.78 is 0.559. The van der Waals surface area contributed by atoms with Crippen LogP contribution in [0.1, 0.15) is 6.42 Å². The minimum atomic E-state index is -0.968. The fourth-order valence-electron chi connectivity index (χ4n) is 0.940. The van der Waals surface area contributed by atoms with Gasteiger partial charge in [-0.3, -0.25) is 0 Å². The molecule has 0 unspecified atom stereocenters. The van der Waals surface area contributed by atoms with E-state index in [9.17, 15) is 0 Å². The molecule has 0 aromatic carbocycles. The van der Waals surface area contributed by atoms with Gasteiger partial charge in [0.15, 0.2) is 0 Å². The summed E-state index contributed by atoms with van der Waals surface area (Å²) in [5, 5.41) is 0. The molecule has 1 aliphatic heterocycles. The van der Waals surface area contributed by atoms with Crippen molar-refractivity contribution < 1.29 is 0 Å². The zero-order chi connectivity index (χ0) is 8.54. The van der Waals surface area contributed by atoms with E-state index in [-0.39, 0.29) is 0 Å². The van der Waals surface area contributed by atoms with E-state index in [1.807, 2.05) is 0 Å². The Morgan fingerprint density at radius 3 is 1.91 bits per heavy atom. The lowest BCUT2D eigenvalue weighted by atomic mass is 10.6. The van der Waals surface area contributed by atoms with E-state index in [1.54, 1.807) is 0 Å². The summed E-state index contributed by atoms with van der Waals surface area (Å²) >= 11 is 7.05. The van der Waals surface area contributed by atoms with Gasteiger partial charge in [-0.15, -0.1) is 23.5 Å². The van der Waals surface area contributed by atoms with E-state index in [4.69, 9.17) is 0 Å². The number of thioether (sulfide) groups is 2. The number of halogens is 1. The molecule has 0 spiro atoms. The second-order valence-electron chi connectivity index (χ2n) is 3.84. The second kappa shape index (κ2) is 3.80. The van der Waals surface area contributed by atoms with Crippen molar-refractivity contribution in [2.75, 3.05) is 11.5 Å². The van der Waals surface area contributed by atoms with Crippen molar-refractivity contribution in [3.05, 3.63) is 0 Å². The fourth-order valence-corrected chi connectivity index (χ4v) is 8.46. The van der Waals surface area contributed by atoms with Crippen molar-refractivity contribution in [2.24, 2.45) is 0 Å². The molecule has 1 aliphatic rings. The minimum Gasteiger partial charge on any atom is -0.137 e. The van der Waals surface area contributed by atoms with Crippen LogP contribution in [0.4, 0.5) is 0 Å². The molecule has 0 aromatic rings. The summed E-state index contributed by atoms with van der Waals surface area (Å²) in [5.74, 6) is 2.75. The van der Waals surface area contributed by atoms with E-state index in [0.29, 0.717) is 1.71 Å². The van der Waals surface area contributed by atoms with Crippen molar-refractivity contribution in [1.29, 1.82) is 0 Å². The molecule has 0 amide bonds. The van der Waals surface area contributed by atoms with Crippen LogP contribution in [0.15, 0.2) is 0 Å². The summed E-state index contributed by atoms with van der Waals surface area (Å²) in [5.41, 5.74) is 0. The van der Waals surface area contributed by atoms with E-state index < -0.39 is 8.07 Å². The van der Waals surface area contributed by atoms with Gasteiger partial charge in [-0.05, 0) is 17.9 Å². The number of hydrogen-bond acceptors (Lipinski definition) is 2. The first-order valence-corrected chi connectivity index (χ1v) is 10.5. The Morgan fingerprint density at radius 1 is 1.18 bits per heavy atom. The Balaban J connectivity index is 2.64. The molecular formula is C7H15IS2Si. The number of rotatable bonds is 1. The van der Waals surface area contributed by atoms with Crippen molar-refractivity contribution >= 4 is 54.2 Å². The highest BCUT2D eigenvalue weighted by Gasteiger charge is 2.43. The van der Waals surface area contributed by atoms with Crippen LogP contribution < -0.4 is 0 Å². The Kier molecular flexibility index (Phi) is 3.70. The molecule has 0 radical (unpaired) electrons. The van der Waals surface area contributed by atoms with Crippen LogP contribution >= 0.6 is 46.1 Å². The lowest BCUT2D eigenvalue weighted by Gasteiger charge is -2.40. The molecule has 0 aliphatic carbocycles. The Labute approximate surface area is 92.8 Å². The summed E-state index contributed by atoms with van der Waals surface area (Å²) in [7, 11) is -0.968. The van der Waals surface area contributed by atoms with Gasteiger partial charge in [0.2, 0.25) is 0 Å². The maximum Gasteiger partial charge on any atom is 0.101 e. The van der Waals surface area contributed by atoms with E-state index in [2.05, 4.69) is 65.8 Å². The maximum atomic E-state index is 2.68. The third-order valence-electron chi connectivity index (χ3n) is 1.76. The average Bonchev–Trinajstić information content (AvgIpc) is 1.87. The third-order valence-corrected chi connectivity index (χ3v) is 17.3.